The van der Waals surface area contributed by atoms with E-state index in [4.69, 9.17) is 5.73 Å². The molecule has 5 heteroatoms. The van der Waals surface area contributed by atoms with Gasteiger partial charge in [-0.3, -0.25) is 4.99 Å². The predicted octanol–water partition coefficient (Wildman–Crippen LogP) is 3.03. The molecule has 1 aromatic carbocycles. The summed E-state index contributed by atoms with van der Waals surface area (Å²) in [5, 5.41) is 4.46. The van der Waals surface area contributed by atoms with Gasteiger partial charge in [0, 0.05) is 30.2 Å². The van der Waals surface area contributed by atoms with Crippen LogP contribution in [-0.2, 0) is 6.42 Å². The molecule has 0 radical (unpaired) electrons. The molecule has 0 saturated heterocycles. The van der Waals surface area contributed by atoms with Crippen molar-refractivity contribution in [1.29, 1.82) is 0 Å². The number of guanidine groups is 1. The summed E-state index contributed by atoms with van der Waals surface area (Å²) < 4.78 is 0. The number of aryl methyl sites for hydroxylation is 1. The van der Waals surface area contributed by atoms with Gasteiger partial charge in [0.25, 0.3) is 0 Å². The first-order valence-electron chi connectivity index (χ1n) is 6.90. The van der Waals surface area contributed by atoms with Crippen LogP contribution in [-0.4, -0.2) is 24.0 Å². The third kappa shape index (κ3) is 4.70. The molecule has 0 fully saturated rings. The molecule has 0 aliphatic heterocycles. The van der Waals surface area contributed by atoms with Crippen LogP contribution in [0.1, 0.15) is 25.3 Å². The molecule has 0 bridgehead atoms. The highest BCUT2D eigenvalue weighted by Crippen LogP contribution is 2.18. The third-order valence-corrected chi connectivity index (χ3v) is 3.11. The molecule has 1 aromatic heterocycles. The highest BCUT2D eigenvalue weighted by atomic mass is 127. The van der Waals surface area contributed by atoms with Crippen molar-refractivity contribution in [3.05, 3.63) is 36.0 Å². The second kappa shape index (κ2) is 8.84. The zero-order chi connectivity index (χ0) is 13.5. The number of fused-ring (bicyclic) bond motifs is 1. The number of halogens is 1. The third-order valence-electron chi connectivity index (χ3n) is 3.11. The lowest BCUT2D eigenvalue weighted by Crippen LogP contribution is -2.32. The molecule has 4 N–H and O–H groups in total. The fourth-order valence-electron chi connectivity index (χ4n) is 2.12. The van der Waals surface area contributed by atoms with Crippen molar-refractivity contribution < 1.29 is 0 Å². The number of hydrogen-bond acceptors (Lipinski definition) is 1. The maximum absolute atomic E-state index is 5.74. The lowest BCUT2D eigenvalue weighted by Gasteiger charge is -2.05. The van der Waals surface area contributed by atoms with Gasteiger partial charge < -0.3 is 16.0 Å². The number of nitrogens with zero attached hydrogens (tertiary/aromatic N) is 1. The number of aromatic nitrogens is 1. The van der Waals surface area contributed by atoms with Gasteiger partial charge in [-0.05, 0) is 30.9 Å². The number of benzene rings is 1. The Labute approximate surface area is 137 Å². The summed E-state index contributed by atoms with van der Waals surface area (Å²) in [5.74, 6) is 0.556. The second-order valence-electron chi connectivity index (χ2n) is 4.66. The molecular formula is C15H23IN4. The zero-order valence-electron chi connectivity index (χ0n) is 11.9. The van der Waals surface area contributed by atoms with Gasteiger partial charge in [0.05, 0.1) is 0 Å². The Hall–Kier alpha value is -1.24. The number of aliphatic imine (C=N–C) groups is 1. The molecular weight excluding hydrogens is 363 g/mol. The molecule has 0 atom stereocenters. The molecule has 0 aliphatic carbocycles. The van der Waals surface area contributed by atoms with Crippen molar-refractivity contribution in [2.24, 2.45) is 10.7 Å². The van der Waals surface area contributed by atoms with Gasteiger partial charge in [0.15, 0.2) is 5.96 Å². The molecule has 0 saturated carbocycles. The largest absolute Gasteiger partial charge is 0.370 e. The number of hydrogen-bond donors (Lipinski definition) is 3. The highest BCUT2D eigenvalue weighted by Gasteiger charge is 2.02. The average Bonchev–Trinajstić information content (AvgIpc) is 2.85. The van der Waals surface area contributed by atoms with Gasteiger partial charge in [-0.15, -0.1) is 24.0 Å². The minimum absolute atomic E-state index is 0. The van der Waals surface area contributed by atoms with Crippen LogP contribution < -0.4 is 11.1 Å². The Morgan fingerprint density at radius 2 is 2.15 bits per heavy atom. The predicted molar refractivity (Wildman–Crippen MR) is 96.8 cm³/mol. The number of H-pyrrole nitrogens is 1. The minimum Gasteiger partial charge on any atom is -0.370 e. The van der Waals surface area contributed by atoms with E-state index in [1.54, 1.807) is 0 Å². The van der Waals surface area contributed by atoms with E-state index in [0.29, 0.717) is 5.96 Å². The Kier molecular flexibility index (Phi) is 7.43. The van der Waals surface area contributed by atoms with Crippen LogP contribution in [0.4, 0.5) is 0 Å². The molecule has 4 nitrogen and oxygen atoms in total. The average molecular weight is 386 g/mol. The summed E-state index contributed by atoms with van der Waals surface area (Å²) in [4.78, 5) is 7.50. The molecule has 1 heterocycles. The van der Waals surface area contributed by atoms with E-state index in [1.807, 2.05) is 0 Å². The fraction of sp³-hybridized carbons (Fsp3) is 0.400. The summed E-state index contributed by atoms with van der Waals surface area (Å²) in [6.45, 7) is 3.74. The van der Waals surface area contributed by atoms with Gasteiger partial charge in [-0.25, -0.2) is 0 Å². The maximum Gasteiger partial charge on any atom is 0.188 e. The molecule has 0 amide bonds. The zero-order valence-corrected chi connectivity index (χ0v) is 14.2. The van der Waals surface area contributed by atoms with E-state index in [0.717, 1.165) is 32.4 Å². The van der Waals surface area contributed by atoms with Crippen molar-refractivity contribution >= 4 is 40.8 Å². The standard InChI is InChI=1S/C15H22N4.HI/c1-2-9-17-15(16)18-10-5-6-12-11-19-14-8-4-3-7-13(12)14;/h3-4,7-8,11,19H,2,5-6,9-10H2,1H3,(H3,16,17,18);1H. The number of nitrogens with one attached hydrogen (secondary N) is 2. The summed E-state index contributed by atoms with van der Waals surface area (Å²) in [5.41, 5.74) is 8.31. The van der Waals surface area contributed by atoms with E-state index in [1.165, 1.54) is 16.5 Å². The first kappa shape index (κ1) is 16.8. The maximum atomic E-state index is 5.74. The Morgan fingerprint density at radius 1 is 1.35 bits per heavy atom. The van der Waals surface area contributed by atoms with Gasteiger partial charge in [0.1, 0.15) is 0 Å². The van der Waals surface area contributed by atoms with Crippen molar-refractivity contribution in [3.8, 4) is 0 Å². The molecule has 2 aromatic rings. The Morgan fingerprint density at radius 3 is 2.95 bits per heavy atom. The number of aromatic amines is 1. The van der Waals surface area contributed by atoms with Crippen molar-refractivity contribution in [3.63, 3.8) is 0 Å². The van der Waals surface area contributed by atoms with Crippen LogP contribution in [0.15, 0.2) is 35.5 Å². The van der Waals surface area contributed by atoms with Crippen molar-refractivity contribution in [2.75, 3.05) is 13.1 Å². The molecule has 0 aliphatic rings. The number of rotatable bonds is 6. The molecule has 110 valence electrons. The Bertz CT molecular complexity index is 548. The molecule has 20 heavy (non-hydrogen) atoms. The Balaban J connectivity index is 0.00000200. The van der Waals surface area contributed by atoms with Crippen LogP contribution >= 0.6 is 24.0 Å². The minimum atomic E-state index is 0. The summed E-state index contributed by atoms with van der Waals surface area (Å²) in [6, 6.07) is 8.39. The van der Waals surface area contributed by atoms with Crippen molar-refractivity contribution in [1.82, 2.24) is 10.3 Å². The fourth-order valence-corrected chi connectivity index (χ4v) is 2.12. The van der Waals surface area contributed by atoms with Gasteiger partial charge in [-0.2, -0.15) is 0 Å². The summed E-state index contributed by atoms with van der Waals surface area (Å²) in [7, 11) is 0. The molecule has 2 rings (SSSR count). The van der Waals surface area contributed by atoms with Crippen LogP contribution in [0, 0.1) is 0 Å². The van der Waals surface area contributed by atoms with E-state index < -0.39 is 0 Å². The molecule has 0 unspecified atom stereocenters. The summed E-state index contributed by atoms with van der Waals surface area (Å²) >= 11 is 0. The van der Waals surface area contributed by atoms with Crippen LogP contribution in [0.2, 0.25) is 0 Å². The summed E-state index contributed by atoms with van der Waals surface area (Å²) in [6.07, 6.45) is 5.21. The van der Waals surface area contributed by atoms with Gasteiger partial charge in [-0.1, -0.05) is 25.1 Å². The van der Waals surface area contributed by atoms with Gasteiger partial charge in [0.2, 0.25) is 0 Å². The SMILES string of the molecule is CCCN=C(N)NCCCc1c[nH]c2ccccc12.I. The number of nitrogens with two attached hydrogens (primary N) is 1. The molecule has 0 spiro atoms. The van der Waals surface area contributed by atoms with Crippen LogP contribution in [0.25, 0.3) is 10.9 Å². The van der Waals surface area contributed by atoms with Crippen LogP contribution in [0.3, 0.4) is 0 Å². The quantitative estimate of drug-likeness (QED) is 0.309. The lowest BCUT2D eigenvalue weighted by molar-refractivity contribution is 0.766. The smallest absolute Gasteiger partial charge is 0.188 e. The first-order valence-corrected chi connectivity index (χ1v) is 6.90. The van der Waals surface area contributed by atoms with E-state index >= 15 is 0 Å². The monoisotopic (exact) mass is 386 g/mol. The van der Waals surface area contributed by atoms with E-state index in [-0.39, 0.29) is 24.0 Å². The number of para-hydroxylation sites is 1. The topological polar surface area (TPSA) is 66.2 Å². The van der Waals surface area contributed by atoms with E-state index in [2.05, 4.69) is 52.7 Å². The van der Waals surface area contributed by atoms with Crippen molar-refractivity contribution in [2.45, 2.75) is 26.2 Å². The van der Waals surface area contributed by atoms with E-state index in [9.17, 15) is 0 Å². The highest BCUT2D eigenvalue weighted by molar-refractivity contribution is 14.0. The second-order valence-corrected chi connectivity index (χ2v) is 4.66. The van der Waals surface area contributed by atoms with Gasteiger partial charge >= 0.3 is 0 Å². The van der Waals surface area contributed by atoms with Crippen LogP contribution in [0.5, 0.6) is 0 Å². The normalized spacial score (nSPS) is 11.3. The first-order chi connectivity index (χ1) is 9.31. The lowest BCUT2D eigenvalue weighted by atomic mass is 10.1.